The molecular formula is C22H13F6NO5. The molecule has 0 heterocycles. The normalized spacial score (nSPS) is 12.3. The maximum atomic E-state index is 14.1. The maximum Gasteiger partial charge on any atom is 0.411 e. The Morgan fingerprint density at radius 3 is 1.74 bits per heavy atom. The molecule has 0 atom stereocenters. The van der Waals surface area contributed by atoms with E-state index >= 15 is 0 Å². The molecule has 0 aliphatic carbocycles. The summed E-state index contributed by atoms with van der Waals surface area (Å²) in [6.07, 6.45) is -11.7. The van der Waals surface area contributed by atoms with E-state index in [-0.39, 0.29) is 17.2 Å². The third-order valence-electron chi connectivity index (χ3n) is 4.97. The zero-order valence-corrected chi connectivity index (χ0v) is 16.7. The van der Waals surface area contributed by atoms with E-state index in [1.165, 1.54) is 18.2 Å². The molecule has 3 aromatic rings. The van der Waals surface area contributed by atoms with Gasteiger partial charge in [0, 0.05) is 6.07 Å². The molecule has 0 fully saturated rings. The Hall–Kier alpha value is -4.09. The predicted molar refractivity (Wildman–Crippen MR) is 106 cm³/mol. The maximum absolute atomic E-state index is 14.1. The highest BCUT2D eigenvalue weighted by molar-refractivity contribution is 5.87. The second-order valence-electron chi connectivity index (χ2n) is 7.01. The number of carboxylic acids is 1. The number of non-ortho nitro benzene ring substituents is 1. The molecule has 0 amide bonds. The highest BCUT2D eigenvalue weighted by Gasteiger charge is 2.72. The van der Waals surface area contributed by atoms with Gasteiger partial charge in [0.1, 0.15) is 11.5 Å². The SMILES string of the molecule is O=C(O)c1ccc(C(c2ccc(Oc3cccc([N+](=O)[O-])c3)cc2)(C(F)(F)F)C(F)(F)F)cc1. The first kappa shape index (κ1) is 24.6. The van der Waals surface area contributed by atoms with Crippen molar-refractivity contribution in [3.8, 4) is 11.5 Å². The third-order valence-corrected chi connectivity index (χ3v) is 4.97. The molecule has 0 aliphatic rings. The molecule has 1 N–H and O–H groups in total. The van der Waals surface area contributed by atoms with Crippen LogP contribution in [0.15, 0.2) is 72.8 Å². The summed E-state index contributed by atoms with van der Waals surface area (Å²) in [5.41, 5.74) is -7.66. The molecule has 0 saturated carbocycles. The average Bonchev–Trinajstić information content (AvgIpc) is 2.74. The summed E-state index contributed by atoms with van der Waals surface area (Å²) < 4.78 is 90.2. The van der Waals surface area contributed by atoms with E-state index in [2.05, 4.69) is 0 Å². The zero-order chi connectivity index (χ0) is 25.3. The summed E-state index contributed by atoms with van der Waals surface area (Å²) in [4.78, 5) is 21.1. The highest BCUT2D eigenvalue weighted by atomic mass is 19.4. The standard InChI is InChI=1S/C22H13F6NO5/c23-21(24,25)20(22(26,27)28,14-6-4-13(5-7-14)19(30)31)15-8-10-17(11-9-15)34-18-3-1-2-16(12-18)29(32)33/h1-12H,(H,30,31). The molecule has 0 saturated heterocycles. The first-order valence-corrected chi connectivity index (χ1v) is 9.27. The Morgan fingerprint density at radius 2 is 1.29 bits per heavy atom. The van der Waals surface area contributed by atoms with Crippen LogP contribution in [-0.2, 0) is 5.41 Å². The number of benzene rings is 3. The first-order chi connectivity index (χ1) is 15.8. The molecule has 178 valence electrons. The topological polar surface area (TPSA) is 89.7 Å². The highest BCUT2D eigenvalue weighted by Crippen LogP contribution is 2.56. The number of hydrogen-bond acceptors (Lipinski definition) is 4. The predicted octanol–water partition coefficient (Wildman–Crippen LogP) is 6.50. The third kappa shape index (κ3) is 4.38. The van der Waals surface area contributed by atoms with E-state index in [4.69, 9.17) is 9.84 Å². The van der Waals surface area contributed by atoms with Crippen LogP contribution in [0.25, 0.3) is 0 Å². The Labute approximate surface area is 187 Å². The first-order valence-electron chi connectivity index (χ1n) is 9.27. The van der Waals surface area contributed by atoms with Crippen LogP contribution in [0.2, 0.25) is 0 Å². The van der Waals surface area contributed by atoms with Gasteiger partial charge < -0.3 is 9.84 Å². The van der Waals surface area contributed by atoms with E-state index in [1.54, 1.807) is 0 Å². The number of rotatable bonds is 6. The Bertz CT molecular complexity index is 1190. The number of nitro groups is 1. The lowest BCUT2D eigenvalue weighted by Crippen LogP contribution is -2.54. The van der Waals surface area contributed by atoms with E-state index in [1.807, 2.05) is 0 Å². The molecule has 0 unspecified atom stereocenters. The lowest BCUT2D eigenvalue weighted by Gasteiger charge is -2.38. The Balaban J connectivity index is 2.09. The largest absolute Gasteiger partial charge is 0.478 e. The van der Waals surface area contributed by atoms with Crippen LogP contribution in [0.3, 0.4) is 0 Å². The number of carbonyl (C=O) groups is 1. The zero-order valence-electron chi connectivity index (χ0n) is 16.7. The van der Waals surface area contributed by atoms with Crippen molar-refractivity contribution in [3.63, 3.8) is 0 Å². The summed E-state index contributed by atoms with van der Waals surface area (Å²) in [6.45, 7) is 0. The van der Waals surface area contributed by atoms with E-state index in [9.17, 15) is 41.3 Å². The van der Waals surface area contributed by atoms with Crippen molar-refractivity contribution in [1.82, 2.24) is 0 Å². The molecule has 0 bridgehead atoms. The molecule has 0 aromatic heterocycles. The molecule has 0 aliphatic heterocycles. The van der Waals surface area contributed by atoms with Crippen molar-refractivity contribution in [1.29, 1.82) is 0 Å². The minimum absolute atomic E-state index is 0.0517. The van der Waals surface area contributed by atoms with Crippen LogP contribution in [0.1, 0.15) is 21.5 Å². The number of nitro benzene ring substituents is 1. The van der Waals surface area contributed by atoms with Crippen molar-refractivity contribution in [2.24, 2.45) is 0 Å². The van der Waals surface area contributed by atoms with Gasteiger partial charge in [-0.05, 0) is 41.5 Å². The number of carboxylic acid groups (broad SMARTS) is 1. The molecule has 0 spiro atoms. The quantitative estimate of drug-likeness (QED) is 0.245. The van der Waals surface area contributed by atoms with E-state index < -0.39 is 45.4 Å². The van der Waals surface area contributed by atoms with Crippen molar-refractivity contribution < 1.29 is 45.9 Å². The van der Waals surface area contributed by atoms with Gasteiger partial charge in [-0.1, -0.05) is 30.3 Å². The van der Waals surface area contributed by atoms with Crippen molar-refractivity contribution in [2.45, 2.75) is 17.8 Å². The van der Waals surface area contributed by atoms with E-state index in [0.717, 1.165) is 18.2 Å². The van der Waals surface area contributed by atoms with Gasteiger partial charge in [-0.25, -0.2) is 4.79 Å². The van der Waals surface area contributed by atoms with Crippen molar-refractivity contribution in [3.05, 3.63) is 99.6 Å². The second kappa shape index (κ2) is 8.69. The fourth-order valence-corrected chi connectivity index (χ4v) is 3.41. The summed E-state index contributed by atoms with van der Waals surface area (Å²) in [5, 5.41) is 19.8. The van der Waals surface area contributed by atoms with Crippen LogP contribution in [0.5, 0.6) is 11.5 Å². The summed E-state index contributed by atoms with van der Waals surface area (Å²) in [5.74, 6) is -1.73. The molecule has 6 nitrogen and oxygen atoms in total. The smallest absolute Gasteiger partial charge is 0.411 e. The van der Waals surface area contributed by atoms with Crippen LogP contribution in [0.4, 0.5) is 32.0 Å². The fourth-order valence-electron chi connectivity index (χ4n) is 3.41. The van der Waals surface area contributed by atoms with Gasteiger partial charge in [0.2, 0.25) is 5.41 Å². The molecular weight excluding hydrogens is 472 g/mol. The molecule has 3 rings (SSSR count). The van der Waals surface area contributed by atoms with Crippen LogP contribution in [-0.4, -0.2) is 28.4 Å². The fraction of sp³-hybridized carbons (Fsp3) is 0.136. The number of halogens is 6. The van der Waals surface area contributed by atoms with Gasteiger partial charge in [0.15, 0.2) is 0 Å². The minimum Gasteiger partial charge on any atom is -0.478 e. The lowest BCUT2D eigenvalue weighted by molar-refractivity contribution is -0.384. The molecule has 0 radical (unpaired) electrons. The lowest BCUT2D eigenvalue weighted by atomic mass is 9.72. The number of aromatic carboxylic acids is 1. The summed E-state index contributed by atoms with van der Waals surface area (Å²) in [7, 11) is 0. The number of ether oxygens (including phenoxy) is 1. The molecule has 34 heavy (non-hydrogen) atoms. The number of alkyl halides is 6. The van der Waals surface area contributed by atoms with Gasteiger partial charge in [0.05, 0.1) is 16.6 Å². The van der Waals surface area contributed by atoms with Gasteiger partial charge >= 0.3 is 18.3 Å². The summed E-state index contributed by atoms with van der Waals surface area (Å²) in [6, 6.07) is 9.97. The number of nitrogens with zero attached hydrogens (tertiary/aromatic N) is 1. The van der Waals surface area contributed by atoms with Gasteiger partial charge in [0.25, 0.3) is 5.69 Å². The van der Waals surface area contributed by atoms with Crippen molar-refractivity contribution >= 4 is 11.7 Å². The van der Waals surface area contributed by atoms with Crippen molar-refractivity contribution in [2.75, 3.05) is 0 Å². The van der Waals surface area contributed by atoms with Gasteiger partial charge in [-0.2, -0.15) is 26.3 Å². The van der Waals surface area contributed by atoms with Crippen LogP contribution >= 0.6 is 0 Å². The average molecular weight is 485 g/mol. The molecule has 12 heteroatoms. The Morgan fingerprint density at radius 1 is 0.794 bits per heavy atom. The van der Waals surface area contributed by atoms with Crippen LogP contribution in [0, 0.1) is 10.1 Å². The minimum atomic E-state index is -5.85. The monoisotopic (exact) mass is 485 g/mol. The van der Waals surface area contributed by atoms with Gasteiger partial charge in [-0.15, -0.1) is 0 Å². The second-order valence-corrected chi connectivity index (χ2v) is 7.01. The number of hydrogen-bond donors (Lipinski definition) is 1. The van der Waals surface area contributed by atoms with Crippen LogP contribution < -0.4 is 4.74 Å². The summed E-state index contributed by atoms with van der Waals surface area (Å²) >= 11 is 0. The Kier molecular flexibility index (Phi) is 6.27. The van der Waals surface area contributed by atoms with E-state index in [0.29, 0.717) is 36.4 Å². The van der Waals surface area contributed by atoms with Gasteiger partial charge in [-0.3, -0.25) is 10.1 Å². The molecule has 3 aromatic carbocycles.